The van der Waals surface area contributed by atoms with E-state index in [-0.39, 0.29) is 0 Å². The van der Waals surface area contributed by atoms with Crippen molar-refractivity contribution in [3.63, 3.8) is 0 Å². The molecule has 8 heavy (non-hydrogen) atoms. The van der Waals surface area contributed by atoms with Crippen LogP contribution in [0.1, 0.15) is 19.8 Å². The topological polar surface area (TPSA) is 32.3 Å². The van der Waals surface area contributed by atoms with Crippen LogP contribution in [-0.4, -0.2) is 23.8 Å². The Hall–Kier alpha value is -0.0800. The third-order valence-electron chi connectivity index (χ3n) is 1.69. The third kappa shape index (κ3) is 1.20. The van der Waals surface area contributed by atoms with Crippen molar-refractivity contribution >= 4 is 0 Å². The van der Waals surface area contributed by atoms with Crippen molar-refractivity contribution in [3.8, 4) is 0 Å². The van der Waals surface area contributed by atoms with Gasteiger partial charge in [0.05, 0.1) is 6.61 Å². The highest BCUT2D eigenvalue weighted by molar-refractivity contribution is 4.79. The number of rotatable bonds is 1. The van der Waals surface area contributed by atoms with Crippen molar-refractivity contribution in [3.05, 3.63) is 0 Å². The lowest BCUT2D eigenvalue weighted by molar-refractivity contribution is 0.252. The van der Waals surface area contributed by atoms with E-state index in [4.69, 9.17) is 5.11 Å². The van der Waals surface area contributed by atoms with Gasteiger partial charge in [0.15, 0.2) is 0 Å². The minimum atomic E-state index is 0.296. The third-order valence-corrected chi connectivity index (χ3v) is 1.69. The SMILES string of the molecule is C[C@@H]1CCC(CO)N1. The van der Waals surface area contributed by atoms with Gasteiger partial charge in [0.25, 0.3) is 0 Å². The molecule has 1 heterocycles. The number of aliphatic hydroxyl groups excluding tert-OH is 1. The first-order valence-corrected chi connectivity index (χ1v) is 3.20. The minimum Gasteiger partial charge on any atom is -0.395 e. The molecule has 2 nitrogen and oxygen atoms in total. The molecule has 0 saturated carbocycles. The summed E-state index contributed by atoms with van der Waals surface area (Å²) in [5.74, 6) is 0. The zero-order valence-electron chi connectivity index (χ0n) is 5.22. The van der Waals surface area contributed by atoms with Gasteiger partial charge in [-0.1, -0.05) is 0 Å². The van der Waals surface area contributed by atoms with Gasteiger partial charge in [0.2, 0.25) is 0 Å². The number of hydrogen-bond donors (Lipinski definition) is 2. The molecule has 48 valence electrons. The lowest BCUT2D eigenvalue weighted by Crippen LogP contribution is -2.29. The van der Waals surface area contributed by atoms with Crippen molar-refractivity contribution in [1.29, 1.82) is 0 Å². The number of hydrogen-bond acceptors (Lipinski definition) is 2. The van der Waals surface area contributed by atoms with E-state index in [1.807, 2.05) is 0 Å². The maximum absolute atomic E-state index is 8.62. The first kappa shape index (κ1) is 6.05. The summed E-state index contributed by atoms with van der Waals surface area (Å²) >= 11 is 0. The van der Waals surface area contributed by atoms with Crippen molar-refractivity contribution in [1.82, 2.24) is 5.32 Å². The molecule has 1 saturated heterocycles. The van der Waals surface area contributed by atoms with Crippen LogP contribution in [0.15, 0.2) is 0 Å². The summed E-state index contributed by atoms with van der Waals surface area (Å²) in [5, 5.41) is 11.9. The summed E-state index contributed by atoms with van der Waals surface area (Å²) in [7, 11) is 0. The van der Waals surface area contributed by atoms with Gasteiger partial charge >= 0.3 is 0 Å². The molecule has 0 bridgehead atoms. The molecule has 2 heteroatoms. The van der Waals surface area contributed by atoms with Gasteiger partial charge in [-0.2, -0.15) is 0 Å². The largest absolute Gasteiger partial charge is 0.395 e. The molecule has 1 fully saturated rings. The maximum Gasteiger partial charge on any atom is 0.0584 e. The van der Waals surface area contributed by atoms with Crippen molar-refractivity contribution in [2.24, 2.45) is 0 Å². The van der Waals surface area contributed by atoms with Crippen LogP contribution >= 0.6 is 0 Å². The normalized spacial score (nSPS) is 38.2. The highest BCUT2D eigenvalue weighted by atomic mass is 16.3. The zero-order valence-corrected chi connectivity index (χ0v) is 5.22. The molecule has 1 aliphatic heterocycles. The van der Waals surface area contributed by atoms with Crippen LogP contribution < -0.4 is 5.32 Å². The Labute approximate surface area is 49.9 Å². The Morgan fingerprint density at radius 2 is 2.38 bits per heavy atom. The maximum atomic E-state index is 8.62. The van der Waals surface area contributed by atoms with Crippen LogP contribution in [0.4, 0.5) is 0 Å². The minimum absolute atomic E-state index is 0.296. The Bertz CT molecular complexity index is 74.9. The summed E-state index contributed by atoms with van der Waals surface area (Å²) in [5.41, 5.74) is 0. The second-order valence-electron chi connectivity index (χ2n) is 2.52. The van der Waals surface area contributed by atoms with Gasteiger partial charge in [-0.25, -0.2) is 0 Å². The molecular formula is C6H13NO. The quantitative estimate of drug-likeness (QED) is 0.508. The second kappa shape index (κ2) is 2.46. The van der Waals surface area contributed by atoms with Crippen molar-refractivity contribution < 1.29 is 5.11 Å². The zero-order chi connectivity index (χ0) is 5.98. The molecule has 0 radical (unpaired) electrons. The van der Waals surface area contributed by atoms with E-state index < -0.39 is 0 Å². The average molecular weight is 115 g/mol. The van der Waals surface area contributed by atoms with Gasteiger partial charge in [0.1, 0.15) is 0 Å². The van der Waals surface area contributed by atoms with E-state index in [2.05, 4.69) is 12.2 Å². The fraction of sp³-hybridized carbons (Fsp3) is 1.00. The summed E-state index contributed by atoms with van der Waals surface area (Å²) in [4.78, 5) is 0. The number of nitrogens with one attached hydrogen (secondary N) is 1. The van der Waals surface area contributed by atoms with E-state index >= 15 is 0 Å². The van der Waals surface area contributed by atoms with Gasteiger partial charge in [-0.15, -0.1) is 0 Å². The average Bonchev–Trinajstić information content (AvgIpc) is 2.14. The van der Waals surface area contributed by atoms with Crippen LogP contribution in [0.3, 0.4) is 0 Å². The summed E-state index contributed by atoms with van der Waals surface area (Å²) in [6.07, 6.45) is 2.35. The molecule has 1 aliphatic rings. The first-order chi connectivity index (χ1) is 3.83. The number of aliphatic hydroxyl groups is 1. The fourth-order valence-electron chi connectivity index (χ4n) is 1.16. The van der Waals surface area contributed by atoms with E-state index in [1.54, 1.807) is 0 Å². The van der Waals surface area contributed by atoms with E-state index in [9.17, 15) is 0 Å². The van der Waals surface area contributed by atoms with Crippen molar-refractivity contribution in [2.45, 2.75) is 31.8 Å². The van der Waals surface area contributed by atoms with Crippen LogP contribution in [-0.2, 0) is 0 Å². The van der Waals surface area contributed by atoms with Gasteiger partial charge in [-0.05, 0) is 19.8 Å². The van der Waals surface area contributed by atoms with Gasteiger partial charge < -0.3 is 10.4 Å². The predicted molar refractivity (Wildman–Crippen MR) is 32.7 cm³/mol. The second-order valence-corrected chi connectivity index (χ2v) is 2.52. The molecule has 1 unspecified atom stereocenters. The van der Waals surface area contributed by atoms with Crippen LogP contribution in [0.2, 0.25) is 0 Å². The lowest BCUT2D eigenvalue weighted by atomic mass is 10.2. The summed E-state index contributed by atoms with van der Waals surface area (Å²) < 4.78 is 0. The standard InChI is InChI=1S/C6H13NO/c1-5-2-3-6(4-8)7-5/h5-8H,2-4H2,1H3/t5-,6?/m1/s1. The first-order valence-electron chi connectivity index (χ1n) is 3.20. The summed E-state index contributed by atoms with van der Waals surface area (Å²) in [6.45, 7) is 2.44. The van der Waals surface area contributed by atoms with E-state index in [0.29, 0.717) is 18.7 Å². The molecule has 0 aromatic carbocycles. The molecule has 2 N–H and O–H groups in total. The molecule has 0 spiro atoms. The van der Waals surface area contributed by atoms with Crippen LogP contribution in [0, 0.1) is 0 Å². The molecule has 0 aromatic rings. The molecule has 1 rings (SSSR count). The molecule has 0 amide bonds. The van der Waals surface area contributed by atoms with E-state index in [0.717, 1.165) is 6.42 Å². The highest BCUT2D eigenvalue weighted by Gasteiger charge is 2.18. The Kier molecular flexibility index (Phi) is 1.86. The Balaban J connectivity index is 2.22. The Morgan fingerprint density at radius 3 is 2.62 bits per heavy atom. The van der Waals surface area contributed by atoms with Crippen LogP contribution in [0.5, 0.6) is 0 Å². The molecule has 2 atom stereocenters. The fourth-order valence-corrected chi connectivity index (χ4v) is 1.16. The highest BCUT2D eigenvalue weighted by Crippen LogP contribution is 2.09. The van der Waals surface area contributed by atoms with Crippen molar-refractivity contribution in [2.75, 3.05) is 6.61 Å². The van der Waals surface area contributed by atoms with E-state index in [1.165, 1.54) is 6.42 Å². The molecule has 0 aromatic heterocycles. The monoisotopic (exact) mass is 115 g/mol. The van der Waals surface area contributed by atoms with Gasteiger partial charge in [0, 0.05) is 12.1 Å². The molecular weight excluding hydrogens is 102 g/mol. The predicted octanol–water partition coefficient (Wildman–Crippen LogP) is 0.119. The smallest absolute Gasteiger partial charge is 0.0584 e. The Morgan fingerprint density at radius 1 is 1.62 bits per heavy atom. The summed E-state index contributed by atoms with van der Waals surface area (Å²) in [6, 6.07) is 0.997. The molecule has 0 aliphatic carbocycles. The van der Waals surface area contributed by atoms with Gasteiger partial charge in [-0.3, -0.25) is 0 Å². The van der Waals surface area contributed by atoms with Crippen LogP contribution in [0.25, 0.3) is 0 Å². The lowest BCUT2D eigenvalue weighted by Gasteiger charge is -2.05.